The van der Waals surface area contributed by atoms with Crippen molar-refractivity contribution in [3.63, 3.8) is 0 Å². The fourth-order valence-corrected chi connectivity index (χ4v) is 2.14. The van der Waals surface area contributed by atoms with Crippen molar-refractivity contribution in [2.75, 3.05) is 12.4 Å². The van der Waals surface area contributed by atoms with E-state index < -0.39 is 5.97 Å². The minimum atomic E-state index is -0.933. The van der Waals surface area contributed by atoms with Crippen molar-refractivity contribution < 1.29 is 19.4 Å². The molecular formula is C18H21NO4. The van der Waals surface area contributed by atoms with Gasteiger partial charge in [-0.05, 0) is 43.7 Å². The third-order valence-corrected chi connectivity index (χ3v) is 3.21. The lowest BCUT2D eigenvalue weighted by atomic mass is 10.1. The van der Waals surface area contributed by atoms with Crippen LogP contribution in [-0.4, -0.2) is 24.3 Å². The summed E-state index contributed by atoms with van der Waals surface area (Å²) < 4.78 is 11.0. The Morgan fingerprint density at radius 1 is 1.22 bits per heavy atom. The summed E-state index contributed by atoms with van der Waals surface area (Å²) >= 11 is 0. The van der Waals surface area contributed by atoms with Gasteiger partial charge in [0.2, 0.25) is 0 Å². The van der Waals surface area contributed by atoms with Gasteiger partial charge in [0.1, 0.15) is 11.5 Å². The van der Waals surface area contributed by atoms with Crippen LogP contribution in [0.4, 0.5) is 5.69 Å². The maximum atomic E-state index is 11.0. The van der Waals surface area contributed by atoms with Gasteiger partial charge in [0.25, 0.3) is 0 Å². The standard InChI is InChI=1S/C18H21NO4/c1-12(2)23-17-8-7-15(22-3)10-16(17)19-11-13-5-4-6-14(9-13)18(20)21/h4-10,12,19H,11H2,1-3H3,(H,20,21). The number of benzene rings is 2. The number of nitrogens with one attached hydrogen (secondary N) is 1. The molecular weight excluding hydrogens is 294 g/mol. The molecule has 122 valence electrons. The first-order valence-electron chi connectivity index (χ1n) is 7.40. The van der Waals surface area contributed by atoms with E-state index in [1.165, 1.54) is 0 Å². The summed E-state index contributed by atoms with van der Waals surface area (Å²) in [4.78, 5) is 11.0. The van der Waals surface area contributed by atoms with Crippen molar-refractivity contribution in [2.45, 2.75) is 26.5 Å². The Morgan fingerprint density at radius 3 is 2.65 bits per heavy atom. The molecule has 23 heavy (non-hydrogen) atoms. The SMILES string of the molecule is COc1ccc(OC(C)C)c(NCc2cccc(C(=O)O)c2)c1. The van der Waals surface area contributed by atoms with Crippen LogP contribution in [-0.2, 0) is 6.54 Å². The van der Waals surface area contributed by atoms with Gasteiger partial charge < -0.3 is 19.9 Å². The van der Waals surface area contributed by atoms with Gasteiger partial charge in [-0.2, -0.15) is 0 Å². The van der Waals surface area contributed by atoms with Crippen molar-refractivity contribution in [3.05, 3.63) is 53.6 Å². The molecule has 5 heteroatoms. The number of methoxy groups -OCH3 is 1. The molecule has 0 bridgehead atoms. The van der Waals surface area contributed by atoms with Gasteiger partial charge in [0.15, 0.2) is 0 Å². The average Bonchev–Trinajstić information content (AvgIpc) is 2.53. The zero-order valence-electron chi connectivity index (χ0n) is 13.5. The van der Waals surface area contributed by atoms with E-state index in [1.54, 1.807) is 25.3 Å². The second-order valence-corrected chi connectivity index (χ2v) is 5.39. The first-order chi connectivity index (χ1) is 11.0. The Labute approximate surface area is 135 Å². The zero-order chi connectivity index (χ0) is 16.8. The molecule has 2 rings (SSSR count). The number of aromatic carboxylic acids is 1. The van der Waals surface area contributed by atoms with Crippen molar-refractivity contribution in [1.82, 2.24) is 0 Å². The molecule has 0 aliphatic rings. The van der Waals surface area contributed by atoms with Crippen LogP contribution >= 0.6 is 0 Å². The molecule has 2 aromatic carbocycles. The van der Waals surface area contributed by atoms with E-state index in [4.69, 9.17) is 14.6 Å². The number of carboxylic acids is 1. The van der Waals surface area contributed by atoms with E-state index in [0.717, 1.165) is 22.7 Å². The van der Waals surface area contributed by atoms with Crippen molar-refractivity contribution in [3.8, 4) is 11.5 Å². The Balaban J connectivity index is 2.18. The number of rotatable bonds is 7. The van der Waals surface area contributed by atoms with Crippen LogP contribution in [0.1, 0.15) is 29.8 Å². The lowest BCUT2D eigenvalue weighted by molar-refractivity contribution is 0.0696. The Kier molecular flexibility index (Phi) is 5.46. The molecule has 0 heterocycles. The molecule has 0 amide bonds. The summed E-state index contributed by atoms with van der Waals surface area (Å²) in [6.45, 7) is 4.41. The molecule has 0 radical (unpaired) electrons. The average molecular weight is 315 g/mol. The van der Waals surface area contributed by atoms with E-state index in [2.05, 4.69) is 5.32 Å². The monoisotopic (exact) mass is 315 g/mol. The molecule has 0 unspecified atom stereocenters. The van der Waals surface area contributed by atoms with Crippen LogP contribution in [0, 0.1) is 0 Å². The minimum Gasteiger partial charge on any atom is -0.497 e. The highest BCUT2D eigenvalue weighted by Gasteiger charge is 2.08. The van der Waals surface area contributed by atoms with Crippen LogP contribution in [0.5, 0.6) is 11.5 Å². The lowest BCUT2D eigenvalue weighted by Gasteiger charge is -2.16. The predicted molar refractivity (Wildman–Crippen MR) is 89.5 cm³/mol. The van der Waals surface area contributed by atoms with Gasteiger partial charge in [0.05, 0.1) is 24.5 Å². The summed E-state index contributed by atoms with van der Waals surface area (Å²) in [5, 5.41) is 12.3. The van der Waals surface area contributed by atoms with Crippen LogP contribution in [0.3, 0.4) is 0 Å². The Bertz CT molecular complexity index is 682. The lowest BCUT2D eigenvalue weighted by Crippen LogP contribution is -2.09. The number of anilines is 1. The molecule has 0 saturated carbocycles. The number of carbonyl (C=O) groups is 1. The van der Waals surface area contributed by atoms with Crippen molar-refractivity contribution in [1.29, 1.82) is 0 Å². The van der Waals surface area contributed by atoms with E-state index in [0.29, 0.717) is 6.54 Å². The molecule has 0 aromatic heterocycles. The van der Waals surface area contributed by atoms with Crippen molar-refractivity contribution >= 4 is 11.7 Å². The normalized spacial score (nSPS) is 10.4. The smallest absolute Gasteiger partial charge is 0.335 e. The second-order valence-electron chi connectivity index (χ2n) is 5.39. The molecule has 0 saturated heterocycles. The maximum absolute atomic E-state index is 11.0. The van der Waals surface area contributed by atoms with E-state index >= 15 is 0 Å². The van der Waals surface area contributed by atoms with Gasteiger partial charge >= 0.3 is 5.97 Å². The molecule has 2 aromatic rings. The first kappa shape index (κ1) is 16.7. The quantitative estimate of drug-likeness (QED) is 0.813. The van der Waals surface area contributed by atoms with Gasteiger partial charge in [-0.3, -0.25) is 0 Å². The fourth-order valence-electron chi connectivity index (χ4n) is 2.14. The summed E-state index contributed by atoms with van der Waals surface area (Å²) in [6.07, 6.45) is 0.0549. The highest BCUT2D eigenvalue weighted by Crippen LogP contribution is 2.30. The van der Waals surface area contributed by atoms with Crippen molar-refractivity contribution in [2.24, 2.45) is 0 Å². The molecule has 0 spiro atoms. The summed E-state index contributed by atoms with van der Waals surface area (Å²) in [6, 6.07) is 12.4. The Morgan fingerprint density at radius 2 is 2.00 bits per heavy atom. The largest absolute Gasteiger partial charge is 0.497 e. The molecule has 5 nitrogen and oxygen atoms in total. The van der Waals surface area contributed by atoms with Crippen LogP contribution in [0.15, 0.2) is 42.5 Å². The number of hydrogen-bond donors (Lipinski definition) is 2. The van der Waals surface area contributed by atoms with Gasteiger partial charge in [-0.25, -0.2) is 4.79 Å². The zero-order valence-corrected chi connectivity index (χ0v) is 13.5. The highest BCUT2D eigenvalue weighted by atomic mass is 16.5. The molecule has 0 atom stereocenters. The highest BCUT2D eigenvalue weighted by molar-refractivity contribution is 5.87. The fraction of sp³-hybridized carbons (Fsp3) is 0.278. The number of ether oxygens (including phenoxy) is 2. The molecule has 0 aliphatic heterocycles. The Hall–Kier alpha value is -2.69. The number of hydrogen-bond acceptors (Lipinski definition) is 4. The van der Waals surface area contributed by atoms with E-state index in [-0.39, 0.29) is 11.7 Å². The molecule has 2 N–H and O–H groups in total. The van der Waals surface area contributed by atoms with E-state index in [9.17, 15) is 4.79 Å². The molecule has 0 fully saturated rings. The summed E-state index contributed by atoms with van der Waals surface area (Å²) in [5.41, 5.74) is 1.95. The maximum Gasteiger partial charge on any atom is 0.335 e. The van der Waals surface area contributed by atoms with Gasteiger partial charge in [-0.15, -0.1) is 0 Å². The predicted octanol–water partition coefficient (Wildman–Crippen LogP) is 3.79. The topological polar surface area (TPSA) is 67.8 Å². The van der Waals surface area contributed by atoms with Crippen LogP contribution in [0.2, 0.25) is 0 Å². The third kappa shape index (κ3) is 4.64. The third-order valence-electron chi connectivity index (χ3n) is 3.21. The van der Waals surface area contributed by atoms with Gasteiger partial charge in [-0.1, -0.05) is 12.1 Å². The first-order valence-corrected chi connectivity index (χ1v) is 7.40. The van der Waals surface area contributed by atoms with Crippen LogP contribution < -0.4 is 14.8 Å². The van der Waals surface area contributed by atoms with E-state index in [1.807, 2.05) is 38.1 Å². The van der Waals surface area contributed by atoms with Gasteiger partial charge in [0, 0.05) is 12.6 Å². The second kappa shape index (κ2) is 7.54. The summed E-state index contributed by atoms with van der Waals surface area (Å²) in [5.74, 6) is 0.523. The number of carboxylic acid groups (broad SMARTS) is 1. The molecule has 0 aliphatic carbocycles. The summed E-state index contributed by atoms with van der Waals surface area (Å²) in [7, 11) is 1.61. The minimum absolute atomic E-state index is 0.0549. The van der Waals surface area contributed by atoms with Crippen LogP contribution in [0.25, 0.3) is 0 Å².